The van der Waals surface area contributed by atoms with Gasteiger partial charge < -0.3 is 5.11 Å². The molecule has 0 spiro atoms. The molecular weight excluding hydrogens is 268 g/mol. The molecule has 0 heterocycles. The van der Waals surface area contributed by atoms with Crippen LogP contribution in [0.15, 0.2) is 72.8 Å². The first-order chi connectivity index (χ1) is 10.8. The van der Waals surface area contributed by atoms with Gasteiger partial charge in [-0.05, 0) is 40.3 Å². The van der Waals surface area contributed by atoms with Crippen LogP contribution in [0.4, 0.5) is 0 Å². The molecule has 4 rings (SSSR count). The smallest absolute Gasteiger partial charge is 0.123 e. The topological polar surface area (TPSA) is 20.2 Å². The Labute approximate surface area is 130 Å². The summed E-state index contributed by atoms with van der Waals surface area (Å²) in [4.78, 5) is 0. The number of hydrogen-bond donors (Lipinski definition) is 1. The lowest BCUT2D eigenvalue weighted by Crippen LogP contribution is -1.90. The Morgan fingerprint density at radius 3 is 2.05 bits per heavy atom. The maximum atomic E-state index is 10.2. The number of aromatic hydroxyl groups is 1. The highest BCUT2D eigenvalue weighted by Gasteiger charge is 2.17. The van der Waals surface area contributed by atoms with Crippen LogP contribution in [0.1, 0.15) is 16.7 Å². The monoisotopic (exact) mass is 284 g/mol. The van der Waals surface area contributed by atoms with Crippen molar-refractivity contribution in [3.05, 3.63) is 89.5 Å². The van der Waals surface area contributed by atoms with Crippen molar-refractivity contribution in [2.45, 2.75) is 6.42 Å². The molecule has 0 amide bonds. The van der Waals surface area contributed by atoms with Gasteiger partial charge in [0.25, 0.3) is 0 Å². The van der Waals surface area contributed by atoms with E-state index in [1.807, 2.05) is 24.3 Å². The van der Waals surface area contributed by atoms with E-state index in [4.69, 9.17) is 0 Å². The highest BCUT2D eigenvalue weighted by Crippen LogP contribution is 2.38. The number of fused-ring (bicyclic) bond motifs is 1. The molecular formula is C21H16O. The second-order valence-electron chi connectivity index (χ2n) is 5.61. The van der Waals surface area contributed by atoms with Crippen molar-refractivity contribution in [2.75, 3.05) is 0 Å². The molecule has 0 fully saturated rings. The molecule has 0 atom stereocenters. The lowest BCUT2D eigenvalue weighted by molar-refractivity contribution is 0.477. The fourth-order valence-corrected chi connectivity index (χ4v) is 3.15. The van der Waals surface area contributed by atoms with Gasteiger partial charge in [-0.25, -0.2) is 0 Å². The van der Waals surface area contributed by atoms with Crippen LogP contribution in [-0.4, -0.2) is 5.11 Å². The largest absolute Gasteiger partial charge is 0.507 e. The van der Waals surface area contributed by atoms with Crippen LogP contribution in [0.2, 0.25) is 0 Å². The number of para-hydroxylation sites is 1. The van der Waals surface area contributed by atoms with E-state index >= 15 is 0 Å². The van der Waals surface area contributed by atoms with E-state index in [1.54, 1.807) is 6.07 Å². The first-order valence-corrected chi connectivity index (χ1v) is 7.49. The van der Waals surface area contributed by atoms with E-state index in [0.29, 0.717) is 5.75 Å². The predicted molar refractivity (Wildman–Crippen MR) is 91.6 cm³/mol. The van der Waals surface area contributed by atoms with Gasteiger partial charge in [-0.15, -0.1) is 0 Å². The van der Waals surface area contributed by atoms with Gasteiger partial charge in [0, 0.05) is 5.56 Å². The molecule has 1 aliphatic carbocycles. The standard InChI is InChI=1S/C21H16O/c22-21-12-6-5-11-20(21)19-10-4-3-9-18(19)17-13-15-7-1-2-8-16(15)14-17/h1-13,22H,14H2. The van der Waals surface area contributed by atoms with E-state index in [9.17, 15) is 5.11 Å². The molecule has 106 valence electrons. The summed E-state index contributed by atoms with van der Waals surface area (Å²) >= 11 is 0. The quantitative estimate of drug-likeness (QED) is 0.689. The van der Waals surface area contributed by atoms with Gasteiger partial charge >= 0.3 is 0 Å². The Bertz CT molecular complexity index is 874. The Balaban J connectivity index is 1.84. The third kappa shape index (κ3) is 2.11. The van der Waals surface area contributed by atoms with Crippen molar-refractivity contribution >= 4 is 11.6 Å². The fourth-order valence-electron chi connectivity index (χ4n) is 3.15. The van der Waals surface area contributed by atoms with Crippen molar-refractivity contribution in [3.63, 3.8) is 0 Å². The average Bonchev–Trinajstić information content (AvgIpc) is 2.99. The normalized spacial score (nSPS) is 12.8. The van der Waals surface area contributed by atoms with E-state index in [0.717, 1.165) is 17.5 Å². The molecule has 3 aromatic rings. The summed E-state index contributed by atoms with van der Waals surface area (Å²) in [5.74, 6) is 0.325. The molecule has 1 nitrogen and oxygen atoms in total. The molecule has 1 heteroatoms. The van der Waals surface area contributed by atoms with Crippen molar-refractivity contribution in [1.82, 2.24) is 0 Å². The molecule has 0 aliphatic heterocycles. The second kappa shape index (κ2) is 5.19. The van der Waals surface area contributed by atoms with Crippen LogP contribution in [0.3, 0.4) is 0 Å². The summed E-state index contributed by atoms with van der Waals surface area (Å²) < 4.78 is 0. The molecule has 1 aliphatic rings. The van der Waals surface area contributed by atoms with Gasteiger partial charge in [0.1, 0.15) is 5.75 Å². The van der Waals surface area contributed by atoms with Crippen LogP contribution in [0, 0.1) is 0 Å². The SMILES string of the molecule is Oc1ccccc1-c1ccccc1C1=Cc2ccccc2C1. The molecule has 1 N–H and O–H groups in total. The van der Waals surface area contributed by atoms with Crippen molar-refractivity contribution < 1.29 is 5.11 Å². The van der Waals surface area contributed by atoms with Gasteiger partial charge in [-0.3, -0.25) is 0 Å². The molecule has 0 aromatic heterocycles. The Morgan fingerprint density at radius 2 is 1.27 bits per heavy atom. The lowest BCUT2D eigenvalue weighted by Gasteiger charge is -2.12. The van der Waals surface area contributed by atoms with Gasteiger partial charge in [0.05, 0.1) is 0 Å². The predicted octanol–water partition coefficient (Wildman–Crippen LogP) is 5.16. The van der Waals surface area contributed by atoms with Gasteiger partial charge in [0.15, 0.2) is 0 Å². The summed E-state index contributed by atoms with van der Waals surface area (Å²) in [5.41, 5.74) is 7.13. The highest BCUT2D eigenvalue weighted by atomic mass is 16.3. The van der Waals surface area contributed by atoms with Crippen LogP contribution in [-0.2, 0) is 6.42 Å². The van der Waals surface area contributed by atoms with E-state index in [2.05, 4.69) is 48.5 Å². The summed E-state index contributed by atoms with van der Waals surface area (Å²) in [5, 5.41) is 10.2. The van der Waals surface area contributed by atoms with Crippen LogP contribution >= 0.6 is 0 Å². The van der Waals surface area contributed by atoms with Gasteiger partial charge in [0.2, 0.25) is 0 Å². The molecule has 22 heavy (non-hydrogen) atoms. The lowest BCUT2D eigenvalue weighted by atomic mass is 9.93. The third-order valence-corrected chi connectivity index (χ3v) is 4.23. The number of allylic oxidation sites excluding steroid dienone is 1. The van der Waals surface area contributed by atoms with Gasteiger partial charge in [-0.1, -0.05) is 72.8 Å². The zero-order chi connectivity index (χ0) is 14.9. The van der Waals surface area contributed by atoms with Crippen molar-refractivity contribution in [2.24, 2.45) is 0 Å². The molecule has 0 saturated heterocycles. The minimum Gasteiger partial charge on any atom is -0.507 e. The summed E-state index contributed by atoms with van der Waals surface area (Å²) in [6, 6.07) is 24.3. The molecule has 0 saturated carbocycles. The molecule has 0 unspecified atom stereocenters. The number of phenolic OH excluding ortho intramolecular Hbond substituents is 1. The second-order valence-corrected chi connectivity index (χ2v) is 5.61. The van der Waals surface area contributed by atoms with Crippen molar-refractivity contribution in [3.8, 4) is 16.9 Å². The Hall–Kier alpha value is -2.80. The van der Waals surface area contributed by atoms with E-state index in [-0.39, 0.29) is 0 Å². The Morgan fingerprint density at radius 1 is 0.636 bits per heavy atom. The number of phenols is 1. The first kappa shape index (κ1) is 12.9. The molecule has 3 aromatic carbocycles. The average molecular weight is 284 g/mol. The number of rotatable bonds is 2. The van der Waals surface area contributed by atoms with Crippen LogP contribution in [0.25, 0.3) is 22.8 Å². The van der Waals surface area contributed by atoms with Gasteiger partial charge in [-0.2, -0.15) is 0 Å². The maximum absolute atomic E-state index is 10.2. The van der Waals surface area contributed by atoms with E-state index in [1.165, 1.54) is 22.3 Å². The third-order valence-electron chi connectivity index (χ3n) is 4.23. The summed E-state index contributed by atoms with van der Waals surface area (Å²) in [6.45, 7) is 0. The molecule has 0 radical (unpaired) electrons. The maximum Gasteiger partial charge on any atom is 0.123 e. The zero-order valence-electron chi connectivity index (χ0n) is 12.2. The highest BCUT2D eigenvalue weighted by molar-refractivity contribution is 5.94. The first-order valence-electron chi connectivity index (χ1n) is 7.49. The van der Waals surface area contributed by atoms with Crippen LogP contribution in [0.5, 0.6) is 5.75 Å². The summed E-state index contributed by atoms with van der Waals surface area (Å²) in [6.07, 6.45) is 3.20. The van der Waals surface area contributed by atoms with Crippen LogP contribution < -0.4 is 0 Å². The minimum atomic E-state index is 0.325. The minimum absolute atomic E-state index is 0.325. The zero-order valence-corrected chi connectivity index (χ0v) is 12.2. The van der Waals surface area contributed by atoms with Crippen molar-refractivity contribution in [1.29, 1.82) is 0 Å². The Kier molecular flexibility index (Phi) is 3.05. The fraction of sp³-hybridized carbons (Fsp3) is 0.0476. The summed E-state index contributed by atoms with van der Waals surface area (Å²) in [7, 11) is 0. The number of benzene rings is 3. The molecule has 0 bridgehead atoms. The number of hydrogen-bond acceptors (Lipinski definition) is 1. The van der Waals surface area contributed by atoms with E-state index < -0.39 is 0 Å².